The van der Waals surface area contributed by atoms with Gasteiger partial charge in [-0.15, -0.1) is 0 Å². The number of aliphatic hydroxyl groups excluding tert-OH is 5. The number of ether oxygens (including phenoxy) is 4. The molecule has 0 radical (unpaired) electrons. The lowest BCUT2D eigenvalue weighted by molar-refractivity contribution is -0.234. The standard InChI is InChI=1S/C17H27NO10/c1-17(2)26-14-13(25-16(23)15(14)27-17)7-3-6(28-18-7)4-8-10(20)12(22)11(21)9(5-19)24-8/h6,8-16,19-23H,3-5H2,1-2H3/t6-,8-,9-,10-,11-,12-,13-,14+,15+,16-/m1/s1. The Morgan fingerprint density at radius 3 is 2.36 bits per heavy atom. The summed E-state index contributed by atoms with van der Waals surface area (Å²) in [6, 6.07) is 0. The van der Waals surface area contributed by atoms with Crippen LogP contribution in [0.25, 0.3) is 0 Å². The van der Waals surface area contributed by atoms with Crippen molar-refractivity contribution in [3.8, 4) is 0 Å². The van der Waals surface area contributed by atoms with Gasteiger partial charge in [-0.25, -0.2) is 0 Å². The van der Waals surface area contributed by atoms with Crippen molar-refractivity contribution in [2.75, 3.05) is 6.61 Å². The zero-order chi connectivity index (χ0) is 20.2. The number of hydrogen-bond acceptors (Lipinski definition) is 11. The molecule has 0 aromatic heterocycles. The second kappa shape index (κ2) is 7.42. The van der Waals surface area contributed by atoms with Crippen LogP contribution in [-0.4, -0.2) is 105 Å². The van der Waals surface area contributed by atoms with E-state index < -0.39 is 73.6 Å². The van der Waals surface area contributed by atoms with E-state index in [9.17, 15) is 25.5 Å². The molecule has 0 saturated carbocycles. The SMILES string of the molecule is CC1(C)O[C@@H]2[C@H](O1)[C@H](O)O[C@@H]2C1=NO[C@@H](C[C@H]2O[C@H](CO)[C@@H](O)[C@H](O)[C@@H]2O)C1. The predicted molar refractivity (Wildman–Crippen MR) is 90.0 cm³/mol. The normalized spacial score (nSPS) is 50.3. The van der Waals surface area contributed by atoms with Gasteiger partial charge < -0.3 is 49.3 Å². The maximum Gasteiger partial charge on any atom is 0.184 e. The van der Waals surface area contributed by atoms with E-state index in [1.165, 1.54) is 0 Å². The minimum Gasteiger partial charge on any atom is -0.394 e. The van der Waals surface area contributed by atoms with E-state index in [0.29, 0.717) is 12.1 Å². The molecular formula is C17H27NO10. The van der Waals surface area contributed by atoms with Gasteiger partial charge in [-0.2, -0.15) is 0 Å². The highest BCUT2D eigenvalue weighted by Crippen LogP contribution is 2.40. The zero-order valence-electron chi connectivity index (χ0n) is 15.6. The maximum absolute atomic E-state index is 10.2. The highest BCUT2D eigenvalue weighted by atomic mass is 16.8. The van der Waals surface area contributed by atoms with Crippen molar-refractivity contribution < 1.29 is 49.3 Å². The van der Waals surface area contributed by atoms with Crippen molar-refractivity contribution in [2.45, 2.75) is 93.7 Å². The number of hydrogen-bond donors (Lipinski definition) is 5. The first kappa shape index (κ1) is 20.4. The molecule has 4 rings (SSSR count). The van der Waals surface area contributed by atoms with Crippen LogP contribution in [0.4, 0.5) is 0 Å². The van der Waals surface area contributed by atoms with Gasteiger partial charge in [0.1, 0.15) is 48.8 Å². The van der Waals surface area contributed by atoms with E-state index in [0.717, 1.165) is 0 Å². The van der Waals surface area contributed by atoms with E-state index in [-0.39, 0.29) is 6.42 Å². The molecule has 0 amide bonds. The van der Waals surface area contributed by atoms with Crippen molar-refractivity contribution in [3.63, 3.8) is 0 Å². The fourth-order valence-corrected chi connectivity index (χ4v) is 4.22. The number of rotatable bonds is 4. The van der Waals surface area contributed by atoms with Gasteiger partial charge >= 0.3 is 0 Å². The van der Waals surface area contributed by atoms with Gasteiger partial charge in [-0.05, 0) is 13.8 Å². The van der Waals surface area contributed by atoms with Crippen LogP contribution in [0, 0.1) is 0 Å². The fraction of sp³-hybridized carbons (Fsp3) is 0.941. The van der Waals surface area contributed by atoms with E-state index in [1.54, 1.807) is 13.8 Å². The second-order valence-corrected chi connectivity index (χ2v) is 8.13. The van der Waals surface area contributed by atoms with E-state index >= 15 is 0 Å². The average molecular weight is 405 g/mol. The van der Waals surface area contributed by atoms with Crippen LogP contribution < -0.4 is 0 Å². The molecule has 3 fully saturated rings. The molecule has 11 nitrogen and oxygen atoms in total. The van der Waals surface area contributed by atoms with Crippen molar-refractivity contribution in [1.82, 2.24) is 0 Å². The summed E-state index contributed by atoms with van der Waals surface area (Å²) in [5.74, 6) is -0.839. The number of aliphatic hydroxyl groups is 5. The third-order valence-electron chi connectivity index (χ3n) is 5.60. The largest absolute Gasteiger partial charge is 0.394 e. The fourth-order valence-electron chi connectivity index (χ4n) is 4.22. The van der Waals surface area contributed by atoms with Crippen LogP contribution in [0.5, 0.6) is 0 Å². The van der Waals surface area contributed by atoms with Gasteiger partial charge in [0.15, 0.2) is 12.1 Å². The number of oxime groups is 1. The lowest BCUT2D eigenvalue weighted by Gasteiger charge is -2.40. The summed E-state index contributed by atoms with van der Waals surface area (Å²) in [6.45, 7) is 3.02. The molecule has 11 heteroatoms. The molecule has 0 aromatic carbocycles. The number of nitrogens with zero attached hydrogens (tertiary/aromatic N) is 1. The molecule has 160 valence electrons. The Hall–Kier alpha value is -0.890. The van der Waals surface area contributed by atoms with Crippen molar-refractivity contribution in [2.24, 2.45) is 5.16 Å². The third kappa shape index (κ3) is 3.55. The zero-order valence-corrected chi connectivity index (χ0v) is 15.6. The summed E-state index contributed by atoms with van der Waals surface area (Å²) in [5.41, 5.74) is 0.544. The first-order chi connectivity index (χ1) is 13.2. The van der Waals surface area contributed by atoms with Crippen LogP contribution in [0.2, 0.25) is 0 Å². The van der Waals surface area contributed by atoms with Crippen LogP contribution in [0.3, 0.4) is 0 Å². The van der Waals surface area contributed by atoms with Crippen LogP contribution >= 0.6 is 0 Å². The molecule has 0 aromatic rings. The Balaban J connectivity index is 1.37. The topological polar surface area (TPSA) is 160 Å². The molecule has 4 aliphatic heterocycles. The maximum atomic E-state index is 10.2. The number of fused-ring (bicyclic) bond motifs is 1. The molecule has 0 bridgehead atoms. The summed E-state index contributed by atoms with van der Waals surface area (Å²) >= 11 is 0. The van der Waals surface area contributed by atoms with Gasteiger partial charge in [-0.3, -0.25) is 0 Å². The third-order valence-corrected chi connectivity index (χ3v) is 5.60. The Kier molecular flexibility index (Phi) is 5.40. The summed E-state index contributed by atoms with van der Waals surface area (Å²) in [4.78, 5) is 5.43. The van der Waals surface area contributed by atoms with Gasteiger partial charge in [0.25, 0.3) is 0 Å². The molecule has 28 heavy (non-hydrogen) atoms. The Bertz CT molecular complexity index is 613. The molecular weight excluding hydrogens is 378 g/mol. The summed E-state index contributed by atoms with van der Waals surface area (Å²) in [6.07, 6.45) is -8.80. The highest BCUT2D eigenvalue weighted by molar-refractivity contribution is 5.90. The Labute approximate surface area is 161 Å². The van der Waals surface area contributed by atoms with Crippen LogP contribution in [0.15, 0.2) is 5.16 Å². The Morgan fingerprint density at radius 1 is 0.964 bits per heavy atom. The molecule has 10 atom stereocenters. The molecule has 4 aliphatic rings. The second-order valence-electron chi connectivity index (χ2n) is 8.13. The predicted octanol–water partition coefficient (Wildman–Crippen LogP) is -2.40. The quantitative estimate of drug-likeness (QED) is 0.341. The Morgan fingerprint density at radius 2 is 1.64 bits per heavy atom. The first-order valence-electron chi connectivity index (χ1n) is 9.42. The molecule has 3 saturated heterocycles. The summed E-state index contributed by atoms with van der Waals surface area (Å²) in [7, 11) is 0. The molecule has 4 heterocycles. The minimum absolute atomic E-state index is 0.181. The molecule has 0 aliphatic carbocycles. The highest BCUT2D eigenvalue weighted by Gasteiger charge is 2.57. The smallest absolute Gasteiger partial charge is 0.184 e. The van der Waals surface area contributed by atoms with Crippen LogP contribution in [-0.2, 0) is 23.8 Å². The van der Waals surface area contributed by atoms with E-state index in [2.05, 4.69) is 5.16 Å². The molecule has 0 unspecified atom stereocenters. The van der Waals surface area contributed by atoms with Gasteiger partial charge in [0, 0.05) is 12.8 Å². The van der Waals surface area contributed by atoms with E-state index in [4.69, 9.17) is 23.8 Å². The molecule has 0 spiro atoms. The van der Waals surface area contributed by atoms with Crippen LogP contribution in [0.1, 0.15) is 26.7 Å². The van der Waals surface area contributed by atoms with Gasteiger partial charge in [-0.1, -0.05) is 5.16 Å². The molecule has 5 N–H and O–H groups in total. The summed E-state index contributed by atoms with van der Waals surface area (Å²) in [5, 5.41) is 53.4. The van der Waals surface area contributed by atoms with Gasteiger partial charge in [0.05, 0.1) is 18.4 Å². The minimum atomic E-state index is -1.43. The first-order valence-corrected chi connectivity index (χ1v) is 9.42. The lowest BCUT2D eigenvalue weighted by atomic mass is 9.91. The average Bonchev–Trinajstić information content (AvgIpc) is 3.30. The van der Waals surface area contributed by atoms with Crippen molar-refractivity contribution in [1.29, 1.82) is 0 Å². The monoisotopic (exact) mass is 405 g/mol. The lowest BCUT2D eigenvalue weighted by Crippen LogP contribution is -2.59. The van der Waals surface area contributed by atoms with Crippen molar-refractivity contribution in [3.05, 3.63) is 0 Å². The van der Waals surface area contributed by atoms with Crippen molar-refractivity contribution >= 4 is 5.71 Å². The van der Waals surface area contributed by atoms with Gasteiger partial charge in [0.2, 0.25) is 0 Å². The van der Waals surface area contributed by atoms with E-state index in [1.807, 2.05) is 0 Å². The summed E-state index contributed by atoms with van der Waals surface area (Å²) < 4.78 is 22.5.